The van der Waals surface area contributed by atoms with Gasteiger partial charge in [-0.05, 0) is 24.6 Å². The highest BCUT2D eigenvalue weighted by Gasteiger charge is 2.36. The second kappa shape index (κ2) is 23.7. The van der Waals surface area contributed by atoms with Gasteiger partial charge in [-0.2, -0.15) is 0 Å². The fourth-order valence-electron chi connectivity index (χ4n) is 3.82. The first kappa shape index (κ1) is 35.6. The summed E-state index contributed by atoms with van der Waals surface area (Å²) >= 11 is 0. The number of unbranched alkanes of at least 4 members (excludes halogenated alkanes) is 14. The molecule has 216 valence electrons. The number of carbonyl (C=O) groups excluding carboxylic acids is 1. The van der Waals surface area contributed by atoms with Crippen LogP contribution >= 0.6 is 0 Å². The van der Waals surface area contributed by atoms with Crippen LogP contribution in [0, 0.1) is 0 Å². The summed E-state index contributed by atoms with van der Waals surface area (Å²) in [5.41, 5.74) is 0. The van der Waals surface area contributed by atoms with Gasteiger partial charge in [0.1, 0.15) is 6.61 Å². The number of rotatable bonds is 26. The SMILES string of the molecule is CCCCCCCCCCCCCCCCCC(=O)OCCOCCOCCO[Si](C)(C)C(C)(C)C. The zero-order valence-corrected chi connectivity index (χ0v) is 26.1. The van der Waals surface area contributed by atoms with Crippen molar-refractivity contribution in [1.29, 1.82) is 0 Å². The Morgan fingerprint density at radius 3 is 1.42 bits per heavy atom. The topological polar surface area (TPSA) is 54.0 Å². The summed E-state index contributed by atoms with van der Waals surface area (Å²) in [7, 11) is -1.69. The minimum absolute atomic E-state index is 0.104. The van der Waals surface area contributed by atoms with Gasteiger partial charge < -0.3 is 18.6 Å². The maximum atomic E-state index is 11.8. The molecular weight excluding hydrogens is 468 g/mol. The highest BCUT2D eigenvalue weighted by molar-refractivity contribution is 6.74. The highest BCUT2D eigenvalue weighted by atomic mass is 28.4. The summed E-state index contributed by atoms with van der Waals surface area (Å²) in [5.74, 6) is -0.104. The molecule has 0 amide bonds. The van der Waals surface area contributed by atoms with Crippen molar-refractivity contribution < 1.29 is 23.4 Å². The second-order valence-electron chi connectivity index (χ2n) is 11.8. The first-order valence-electron chi connectivity index (χ1n) is 15.2. The van der Waals surface area contributed by atoms with Crippen LogP contribution in [0.1, 0.15) is 130 Å². The molecule has 0 aromatic carbocycles. The van der Waals surface area contributed by atoms with E-state index in [9.17, 15) is 4.79 Å². The fraction of sp³-hybridized carbons (Fsp3) is 0.967. The Bertz CT molecular complexity index is 490. The molecule has 0 radical (unpaired) electrons. The fourth-order valence-corrected chi connectivity index (χ4v) is 4.85. The van der Waals surface area contributed by atoms with E-state index in [1.165, 1.54) is 83.5 Å². The van der Waals surface area contributed by atoms with Gasteiger partial charge in [0.15, 0.2) is 8.32 Å². The van der Waals surface area contributed by atoms with Crippen molar-refractivity contribution >= 4 is 14.3 Å². The van der Waals surface area contributed by atoms with Gasteiger partial charge in [-0.3, -0.25) is 4.79 Å². The van der Waals surface area contributed by atoms with Crippen LogP contribution in [0.2, 0.25) is 18.1 Å². The third-order valence-electron chi connectivity index (χ3n) is 7.34. The summed E-state index contributed by atoms with van der Waals surface area (Å²) in [5, 5.41) is 0.222. The van der Waals surface area contributed by atoms with Gasteiger partial charge in [0.2, 0.25) is 0 Å². The monoisotopic (exact) mass is 530 g/mol. The largest absolute Gasteiger partial charge is 0.463 e. The van der Waals surface area contributed by atoms with Gasteiger partial charge in [0, 0.05) is 6.42 Å². The summed E-state index contributed by atoms with van der Waals surface area (Å²) in [6, 6.07) is 0. The molecule has 0 heterocycles. The van der Waals surface area contributed by atoms with E-state index in [1.54, 1.807) is 0 Å². The maximum Gasteiger partial charge on any atom is 0.305 e. The zero-order chi connectivity index (χ0) is 27.0. The highest BCUT2D eigenvalue weighted by Crippen LogP contribution is 2.36. The van der Waals surface area contributed by atoms with Crippen LogP contribution in [0.15, 0.2) is 0 Å². The van der Waals surface area contributed by atoms with Gasteiger partial charge in [-0.15, -0.1) is 0 Å². The molecule has 6 heteroatoms. The standard InChI is InChI=1S/C30H62O5Si/c1-7-8-9-10-11-12-13-14-15-16-17-18-19-20-21-22-29(31)34-27-25-32-23-24-33-26-28-35-36(5,6)30(2,3)4/h7-28H2,1-6H3. The van der Waals surface area contributed by atoms with E-state index in [2.05, 4.69) is 40.8 Å². The van der Waals surface area contributed by atoms with Crippen molar-refractivity contribution in [2.75, 3.05) is 39.6 Å². The molecule has 36 heavy (non-hydrogen) atoms. The van der Waals surface area contributed by atoms with E-state index in [1.807, 2.05) is 0 Å². The van der Waals surface area contributed by atoms with Crippen molar-refractivity contribution in [3.8, 4) is 0 Å². The molecule has 0 aliphatic carbocycles. The lowest BCUT2D eigenvalue weighted by Gasteiger charge is -2.36. The van der Waals surface area contributed by atoms with E-state index in [4.69, 9.17) is 18.6 Å². The van der Waals surface area contributed by atoms with Gasteiger partial charge in [0.25, 0.3) is 0 Å². The summed E-state index contributed by atoms with van der Waals surface area (Å²) in [6.07, 6.45) is 20.5. The molecule has 0 aromatic rings. The van der Waals surface area contributed by atoms with Crippen LogP contribution in [0.25, 0.3) is 0 Å². The molecule has 0 aliphatic rings. The number of esters is 1. The molecule has 0 rings (SSSR count). The van der Waals surface area contributed by atoms with Gasteiger partial charge in [-0.1, -0.05) is 118 Å². The number of hydrogen-bond donors (Lipinski definition) is 0. The molecule has 0 saturated carbocycles. The van der Waals surface area contributed by atoms with Gasteiger partial charge in [-0.25, -0.2) is 0 Å². The van der Waals surface area contributed by atoms with E-state index in [0.717, 1.165) is 12.8 Å². The first-order chi connectivity index (χ1) is 17.2. The van der Waals surface area contributed by atoms with Crippen molar-refractivity contribution in [2.24, 2.45) is 0 Å². The van der Waals surface area contributed by atoms with E-state index in [-0.39, 0.29) is 11.0 Å². The Labute approximate surface area is 225 Å². The van der Waals surface area contributed by atoms with Crippen LogP contribution in [0.3, 0.4) is 0 Å². The lowest BCUT2D eigenvalue weighted by Crippen LogP contribution is -2.41. The Balaban J connectivity index is 3.28. The summed E-state index contributed by atoms with van der Waals surface area (Å²) < 4.78 is 22.4. The Morgan fingerprint density at radius 1 is 0.583 bits per heavy atom. The lowest BCUT2D eigenvalue weighted by atomic mass is 10.0. The molecule has 5 nitrogen and oxygen atoms in total. The summed E-state index contributed by atoms with van der Waals surface area (Å²) in [4.78, 5) is 11.8. The number of ether oxygens (including phenoxy) is 3. The van der Waals surface area contributed by atoms with E-state index >= 15 is 0 Å². The Hall–Kier alpha value is -0.433. The van der Waals surface area contributed by atoms with Crippen molar-refractivity contribution in [3.05, 3.63) is 0 Å². The van der Waals surface area contributed by atoms with Crippen LogP contribution in [-0.4, -0.2) is 53.9 Å². The molecule has 0 atom stereocenters. The molecule has 0 aliphatic heterocycles. The third-order valence-corrected chi connectivity index (χ3v) is 11.9. The third kappa shape index (κ3) is 22.7. The van der Waals surface area contributed by atoms with Crippen LogP contribution < -0.4 is 0 Å². The molecule has 0 N–H and O–H groups in total. The average Bonchev–Trinajstić information content (AvgIpc) is 2.82. The van der Waals surface area contributed by atoms with Crippen molar-refractivity contribution in [3.63, 3.8) is 0 Å². The minimum atomic E-state index is -1.69. The van der Waals surface area contributed by atoms with Crippen molar-refractivity contribution in [1.82, 2.24) is 0 Å². The molecule has 0 bridgehead atoms. The molecule has 0 saturated heterocycles. The molecule has 0 spiro atoms. The van der Waals surface area contributed by atoms with Crippen LogP contribution in [-0.2, 0) is 23.4 Å². The zero-order valence-electron chi connectivity index (χ0n) is 25.1. The van der Waals surface area contributed by atoms with Crippen LogP contribution in [0.4, 0.5) is 0 Å². The Morgan fingerprint density at radius 2 is 0.972 bits per heavy atom. The lowest BCUT2D eigenvalue weighted by molar-refractivity contribution is -0.145. The number of carbonyl (C=O) groups is 1. The quantitative estimate of drug-likeness (QED) is 0.0635. The van der Waals surface area contributed by atoms with Crippen molar-refractivity contribution in [2.45, 2.75) is 149 Å². The molecule has 0 fully saturated rings. The van der Waals surface area contributed by atoms with Crippen LogP contribution in [0.5, 0.6) is 0 Å². The molecule has 0 aromatic heterocycles. The first-order valence-corrected chi connectivity index (χ1v) is 18.1. The average molecular weight is 531 g/mol. The van der Waals surface area contributed by atoms with E-state index in [0.29, 0.717) is 46.1 Å². The second-order valence-corrected chi connectivity index (χ2v) is 16.6. The number of hydrogen-bond acceptors (Lipinski definition) is 5. The maximum absolute atomic E-state index is 11.8. The summed E-state index contributed by atoms with van der Waals surface area (Å²) in [6.45, 7) is 16.5. The van der Waals surface area contributed by atoms with Gasteiger partial charge in [0.05, 0.1) is 33.0 Å². The minimum Gasteiger partial charge on any atom is -0.463 e. The smallest absolute Gasteiger partial charge is 0.305 e. The Kier molecular flexibility index (Phi) is 23.4. The predicted octanol–water partition coefficient (Wildman–Crippen LogP) is 8.85. The van der Waals surface area contributed by atoms with E-state index < -0.39 is 8.32 Å². The predicted molar refractivity (Wildman–Crippen MR) is 155 cm³/mol. The molecule has 0 unspecified atom stereocenters. The normalized spacial score (nSPS) is 12.3. The van der Waals surface area contributed by atoms with Gasteiger partial charge >= 0.3 is 5.97 Å². The molecular formula is C30H62O5Si.